The number of hydrogen-bond donors (Lipinski definition) is 1. The Bertz CT molecular complexity index is 829. The number of nitrogens with zero attached hydrogens (tertiary/aromatic N) is 3. The van der Waals surface area contributed by atoms with E-state index in [1.165, 1.54) is 5.56 Å². The lowest BCUT2D eigenvalue weighted by Gasteiger charge is -2.06. The summed E-state index contributed by atoms with van der Waals surface area (Å²) >= 11 is 1.54. The molecule has 4 nitrogen and oxygen atoms in total. The normalized spacial score (nSPS) is 11.3. The van der Waals surface area contributed by atoms with E-state index in [2.05, 4.69) is 53.2 Å². The summed E-state index contributed by atoms with van der Waals surface area (Å²) in [6.45, 7) is 6.28. The van der Waals surface area contributed by atoms with Crippen LogP contribution in [0.2, 0.25) is 0 Å². The Labute approximate surface area is 138 Å². The van der Waals surface area contributed by atoms with Crippen LogP contribution >= 0.6 is 11.3 Å². The molecule has 0 radical (unpaired) electrons. The highest BCUT2D eigenvalue weighted by molar-refractivity contribution is 7.22. The Balaban J connectivity index is 1.87. The molecule has 120 valence electrons. The summed E-state index contributed by atoms with van der Waals surface area (Å²) < 4.78 is 14.7. The van der Waals surface area contributed by atoms with Crippen molar-refractivity contribution in [2.75, 3.05) is 5.32 Å². The smallest absolute Gasteiger partial charge is 0.310 e. The fourth-order valence-electron chi connectivity index (χ4n) is 2.40. The number of nitrogens with one attached hydrogen (secondary N) is 1. The van der Waals surface area contributed by atoms with Gasteiger partial charge in [-0.3, -0.25) is 0 Å². The number of fused-ring (bicyclic) bond motifs is 1. The van der Waals surface area contributed by atoms with E-state index in [0.717, 1.165) is 16.6 Å². The van der Waals surface area contributed by atoms with Gasteiger partial charge in [-0.05, 0) is 36.5 Å². The number of anilines is 2. The maximum absolute atomic E-state index is 13.6. The zero-order chi connectivity index (χ0) is 16.4. The standard InChI is InChI=1S/C17H19FN4S/c1-4-11-5-6-13-14(8-11)23-17(20-13)22-15-9-12(7-10(2)3)19-16(18)21-15/h5-6,8-10H,4,7H2,1-3H3,(H,19,20,21,22). The number of rotatable bonds is 5. The molecule has 0 fully saturated rings. The Kier molecular flexibility index (Phi) is 4.52. The van der Waals surface area contributed by atoms with Crippen molar-refractivity contribution in [2.45, 2.75) is 33.6 Å². The third-order valence-electron chi connectivity index (χ3n) is 3.47. The van der Waals surface area contributed by atoms with Gasteiger partial charge in [0.25, 0.3) is 0 Å². The quantitative estimate of drug-likeness (QED) is 0.687. The largest absolute Gasteiger partial charge is 0.316 e. The molecule has 0 bridgehead atoms. The van der Waals surface area contributed by atoms with Crippen molar-refractivity contribution in [1.82, 2.24) is 15.0 Å². The van der Waals surface area contributed by atoms with Crippen LogP contribution in [-0.2, 0) is 12.8 Å². The van der Waals surface area contributed by atoms with Gasteiger partial charge in [-0.1, -0.05) is 38.2 Å². The maximum Gasteiger partial charge on any atom is 0.310 e. The zero-order valence-corrected chi connectivity index (χ0v) is 14.2. The number of aryl methyl sites for hydroxylation is 1. The first kappa shape index (κ1) is 15.8. The lowest BCUT2D eigenvalue weighted by Crippen LogP contribution is -2.04. The van der Waals surface area contributed by atoms with E-state index >= 15 is 0 Å². The van der Waals surface area contributed by atoms with Crippen LogP contribution in [0.3, 0.4) is 0 Å². The number of benzene rings is 1. The monoisotopic (exact) mass is 330 g/mol. The topological polar surface area (TPSA) is 50.7 Å². The Morgan fingerprint density at radius 1 is 1.17 bits per heavy atom. The summed E-state index contributed by atoms with van der Waals surface area (Å²) in [6, 6.07) is 8.02. The Morgan fingerprint density at radius 2 is 2.00 bits per heavy atom. The Hall–Kier alpha value is -2.08. The van der Waals surface area contributed by atoms with Crippen LogP contribution in [0, 0.1) is 12.0 Å². The molecule has 0 saturated carbocycles. The third-order valence-corrected chi connectivity index (χ3v) is 4.40. The summed E-state index contributed by atoms with van der Waals surface area (Å²) in [5.74, 6) is 0.856. The van der Waals surface area contributed by atoms with Crippen molar-refractivity contribution >= 4 is 32.5 Å². The van der Waals surface area contributed by atoms with E-state index in [9.17, 15) is 4.39 Å². The van der Waals surface area contributed by atoms with Crippen LogP contribution < -0.4 is 5.32 Å². The third kappa shape index (κ3) is 3.82. The van der Waals surface area contributed by atoms with Crippen LogP contribution in [0.5, 0.6) is 0 Å². The van der Waals surface area contributed by atoms with Gasteiger partial charge in [-0.15, -0.1) is 0 Å². The van der Waals surface area contributed by atoms with Crippen LogP contribution in [-0.4, -0.2) is 15.0 Å². The number of thiazole rings is 1. The van der Waals surface area contributed by atoms with Crippen molar-refractivity contribution in [1.29, 1.82) is 0 Å². The van der Waals surface area contributed by atoms with Crippen LogP contribution in [0.1, 0.15) is 32.0 Å². The highest BCUT2D eigenvalue weighted by atomic mass is 32.1. The molecule has 0 amide bonds. The van der Waals surface area contributed by atoms with Crippen LogP contribution in [0.4, 0.5) is 15.3 Å². The van der Waals surface area contributed by atoms with Gasteiger partial charge in [0, 0.05) is 11.8 Å². The second-order valence-electron chi connectivity index (χ2n) is 5.91. The highest BCUT2D eigenvalue weighted by Gasteiger charge is 2.09. The Morgan fingerprint density at radius 3 is 2.74 bits per heavy atom. The molecule has 0 aliphatic carbocycles. The molecule has 2 heterocycles. The van der Waals surface area contributed by atoms with Gasteiger partial charge in [0.1, 0.15) is 5.82 Å². The molecule has 1 N–H and O–H groups in total. The van der Waals surface area contributed by atoms with Gasteiger partial charge in [-0.2, -0.15) is 9.37 Å². The summed E-state index contributed by atoms with van der Waals surface area (Å²) in [5.41, 5.74) is 2.91. The fourth-order valence-corrected chi connectivity index (χ4v) is 3.34. The first-order valence-electron chi connectivity index (χ1n) is 7.73. The fraction of sp³-hybridized carbons (Fsp3) is 0.353. The van der Waals surface area contributed by atoms with Crippen molar-refractivity contribution in [3.8, 4) is 0 Å². The summed E-state index contributed by atoms with van der Waals surface area (Å²) in [5, 5.41) is 3.81. The second-order valence-corrected chi connectivity index (χ2v) is 6.94. The van der Waals surface area contributed by atoms with Gasteiger partial charge >= 0.3 is 6.08 Å². The van der Waals surface area contributed by atoms with Gasteiger partial charge < -0.3 is 5.32 Å². The van der Waals surface area contributed by atoms with E-state index < -0.39 is 6.08 Å². The maximum atomic E-state index is 13.6. The lowest BCUT2D eigenvalue weighted by atomic mass is 10.1. The van der Waals surface area contributed by atoms with Crippen molar-refractivity contribution in [3.05, 3.63) is 41.6 Å². The molecule has 0 aliphatic heterocycles. The first-order valence-corrected chi connectivity index (χ1v) is 8.55. The van der Waals surface area contributed by atoms with Crippen molar-refractivity contribution < 1.29 is 4.39 Å². The van der Waals surface area contributed by atoms with Gasteiger partial charge in [0.2, 0.25) is 0 Å². The average Bonchev–Trinajstić information content (AvgIpc) is 2.86. The average molecular weight is 330 g/mol. The zero-order valence-electron chi connectivity index (χ0n) is 13.4. The minimum atomic E-state index is -0.708. The van der Waals surface area contributed by atoms with E-state index in [4.69, 9.17) is 0 Å². The van der Waals surface area contributed by atoms with Gasteiger partial charge in [-0.25, -0.2) is 9.97 Å². The molecule has 2 aromatic heterocycles. The lowest BCUT2D eigenvalue weighted by molar-refractivity contribution is 0.525. The molecule has 6 heteroatoms. The van der Waals surface area contributed by atoms with Crippen LogP contribution in [0.25, 0.3) is 10.2 Å². The van der Waals surface area contributed by atoms with Gasteiger partial charge in [0.15, 0.2) is 5.13 Å². The molecule has 23 heavy (non-hydrogen) atoms. The number of hydrogen-bond acceptors (Lipinski definition) is 5. The predicted octanol–water partition coefficient (Wildman–Crippen LogP) is 4.73. The van der Waals surface area contributed by atoms with Gasteiger partial charge in [0.05, 0.1) is 10.2 Å². The molecule has 0 aliphatic rings. The molecule has 0 saturated heterocycles. The van der Waals surface area contributed by atoms with E-state index in [1.807, 2.05) is 6.07 Å². The molecule has 3 rings (SSSR count). The first-order chi connectivity index (χ1) is 11.0. The number of aromatic nitrogens is 3. The molecule has 1 aromatic carbocycles. The molecular formula is C17H19FN4S. The molecule has 3 aromatic rings. The van der Waals surface area contributed by atoms with Crippen molar-refractivity contribution in [2.24, 2.45) is 5.92 Å². The molecule has 0 spiro atoms. The minimum absolute atomic E-state index is 0.409. The minimum Gasteiger partial charge on any atom is -0.316 e. The van der Waals surface area contributed by atoms with Crippen LogP contribution in [0.15, 0.2) is 24.3 Å². The second kappa shape index (κ2) is 6.58. The van der Waals surface area contributed by atoms with E-state index in [0.29, 0.717) is 29.0 Å². The predicted molar refractivity (Wildman–Crippen MR) is 92.8 cm³/mol. The van der Waals surface area contributed by atoms with Crippen molar-refractivity contribution in [3.63, 3.8) is 0 Å². The molecular weight excluding hydrogens is 311 g/mol. The van der Waals surface area contributed by atoms with E-state index in [1.54, 1.807) is 17.4 Å². The highest BCUT2D eigenvalue weighted by Crippen LogP contribution is 2.29. The summed E-state index contributed by atoms with van der Waals surface area (Å²) in [6.07, 6.45) is 1.00. The molecule has 0 unspecified atom stereocenters. The van der Waals surface area contributed by atoms with E-state index in [-0.39, 0.29) is 0 Å². The summed E-state index contributed by atoms with van der Waals surface area (Å²) in [4.78, 5) is 12.2. The summed E-state index contributed by atoms with van der Waals surface area (Å²) in [7, 11) is 0. The molecule has 0 atom stereocenters. The number of halogens is 1. The SMILES string of the molecule is CCc1ccc2nc(Nc3cc(CC(C)C)nc(F)n3)sc2c1.